The van der Waals surface area contributed by atoms with Crippen LogP contribution >= 0.6 is 11.6 Å². The summed E-state index contributed by atoms with van der Waals surface area (Å²) in [6.07, 6.45) is 4.18. The smallest absolute Gasteiger partial charge is 0.287 e. The first-order chi connectivity index (χ1) is 8.09. The normalized spacial score (nSPS) is 15.3. The molecule has 0 saturated heterocycles. The third-order valence-electron chi connectivity index (χ3n) is 3.03. The monoisotopic (exact) mass is 256 g/mol. The van der Waals surface area contributed by atoms with Gasteiger partial charge in [-0.1, -0.05) is 11.6 Å². The molecule has 0 atom stereocenters. The van der Waals surface area contributed by atoms with Gasteiger partial charge in [0.1, 0.15) is 5.02 Å². The Balaban J connectivity index is 1.90. The van der Waals surface area contributed by atoms with Crippen molar-refractivity contribution in [3.8, 4) is 0 Å². The SMILES string of the molecule is CN(CCNc1cnn(C)c(=O)c1Cl)C1CC1. The van der Waals surface area contributed by atoms with Gasteiger partial charge in [0.05, 0.1) is 11.9 Å². The molecule has 1 heterocycles. The largest absolute Gasteiger partial charge is 0.381 e. The first-order valence-electron chi connectivity index (χ1n) is 5.75. The quantitative estimate of drug-likeness (QED) is 0.852. The lowest BCUT2D eigenvalue weighted by atomic mass is 10.4. The molecule has 5 nitrogen and oxygen atoms in total. The highest BCUT2D eigenvalue weighted by Crippen LogP contribution is 2.24. The number of likely N-dealkylation sites (N-methyl/N-ethyl adjacent to an activating group) is 1. The summed E-state index contributed by atoms with van der Waals surface area (Å²) < 4.78 is 1.23. The van der Waals surface area contributed by atoms with E-state index in [1.807, 2.05) is 0 Å². The van der Waals surface area contributed by atoms with E-state index in [0.717, 1.165) is 19.1 Å². The standard InChI is InChI=1S/C11H17ClN4O/c1-15(8-3-4-8)6-5-13-9-7-14-16(2)11(17)10(9)12/h7-8,13H,3-6H2,1-2H3. The Morgan fingerprint density at radius 3 is 3.00 bits per heavy atom. The van der Waals surface area contributed by atoms with Gasteiger partial charge in [-0.2, -0.15) is 5.10 Å². The predicted molar refractivity (Wildman–Crippen MR) is 68.6 cm³/mol. The molecule has 0 spiro atoms. The van der Waals surface area contributed by atoms with Gasteiger partial charge in [-0.3, -0.25) is 4.79 Å². The lowest BCUT2D eigenvalue weighted by molar-refractivity contribution is 0.337. The van der Waals surface area contributed by atoms with E-state index in [1.54, 1.807) is 13.2 Å². The average Bonchev–Trinajstić information content (AvgIpc) is 3.13. The molecule has 0 radical (unpaired) electrons. The fourth-order valence-corrected chi connectivity index (χ4v) is 1.94. The Morgan fingerprint density at radius 1 is 1.65 bits per heavy atom. The highest BCUT2D eigenvalue weighted by molar-refractivity contribution is 6.32. The van der Waals surface area contributed by atoms with Crippen LogP contribution in [-0.2, 0) is 7.05 Å². The molecule has 1 aliphatic carbocycles. The van der Waals surface area contributed by atoms with E-state index in [0.29, 0.717) is 5.69 Å². The summed E-state index contributed by atoms with van der Waals surface area (Å²) in [6.45, 7) is 1.71. The van der Waals surface area contributed by atoms with Gasteiger partial charge in [0, 0.05) is 26.2 Å². The minimum atomic E-state index is -0.271. The van der Waals surface area contributed by atoms with Crippen molar-refractivity contribution < 1.29 is 0 Å². The molecular formula is C11H17ClN4O. The molecule has 1 N–H and O–H groups in total. The van der Waals surface area contributed by atoms with Crippen LogP contribution in [0.5, 0.6) is 0 Å². The fraction of sp³-hybridized carbons (Fsp3) is 0.636. The van der Waals surface area contributed by atoms with E-state index >= 15 is 0 Å². The summed E-state index contributed by atoms with van der Waals surface area (Å²) in [6, 6.07) is 0.744. The molecule has 0 unspecified atom stereocenters. The van der Waals surface area contributed by atoms with Gasteiger partial charge >= 0.3 is 0 Å². The van der Waals surface area contributed by atoms with Gasteiger partial charge in [-0.05, 0) is 19.9 Å². The van der Waals surface area contributed by atoms with Gasteiger partial charge in [-0.25, -0.2) is 4.68 Å². The van der Waals surface area contributed by atoms with Crippen molar-refractivity contribution >= 4 is 17.3 Å². The summed E-state index contributed by atoms with van der Waals surface area (Å²) in [5.41, 5.74) is 0.339. The average molecular weight is 257 g/mol. The van der Waals surface area contributed by atoms with Crippen LogP contribution in [0.15, 0.2) is 11.0 Å². The highest BCUT2D eigenvalue weighted by atomic mass is 35.5. The zero-order valence-electron chi connectivity index (χ0n) is 10.1. The fourth-order valence-electron chi connectivity index (χ4n) is 1.70. The molecule has 1 aromatic rings. The Labute approximate surface area is 105 Å². The van der Waals surface area contributed by atoms with Crippen molar-refractivity contribution in [1.82, 2.24) is 14.7 Å². The van der Waals surface area contributed by atoms with Gasteiger partial charge in [0.25, 0.3) is 5.56 Å². The maximum atomic E-state index is 11.5. The number of rotatable bonds is 5. The molecule has 0 aliphatic heterocycles. The van der Waals surface area contributed by atoms with E-state index in [-0.39, 0.29) is 10.6 Å². The first-order valence-corrected chi connectivity index (χ1v) is 6.13. The number of aromatic nitrogens is 2. The molecule has 1 saturated carbocycles. The summed E-state index contributed by atoms with van der Waals surface area (Å²) in [4.78, 5) is 13.8. The number of nitrogens with zero attached hydrogens (tertiary/aromatic N) is 3. The second-order valence-electron chi connectivity index (χ2n) is 4.44. The second-order valence-corrected chi connectivity index (χ2v) is 4.82. The second kappa shape index (κ2) is 5.06. The van der Waals surface area contributed by atoms with Crippen LogP contribution < -0.4 is 10.9 Å². The van der Waals surface area contributed by atoms with Crippen molar-refractivity contribution in [3.05, 3.63) is 21.6 Å². The Kier molecular flexibility index (Phi) is 3.69. The minimum Gasteiger partial charge on any atom is -0.381 e. The molecule has 0 amide bonds. The Morgan fingerprint density at radius 2 is 2.35 bits per heavy atom. The first kappa shape index (κ1) is 12.4. The number of hydrogen-bond acceptors (Lipinski definition) is 4. The minimum absolute atomic E-state index is 0.205. The molecular weight excluding hydrogens is 240 g/mol. The van der Waals surface area contributed by atoms with Crippen LogP contribution in [0.2, 0.25) is 5.02 Å². The van der Waals surface area contributed by atoms with Crippen molar-refractivity contribution in [2.45, 2.75) is 18.9 Å². The summed E-state index contributed by atoms with van der Waals surface area (Å²) >= 11 is 5.94. The molecule has 1 fully saturated rings. The van der Waals surface area contributed by atoms with Gasteiger partial charge < -0.3 is 10.2 Å². The van der Waals surface area contributed by atoms with E-state index in [1.165, 1.54) is 17.5 Å². The summed E-state index contributed by atoms with van der Waals surface area (Å²) in [5, 5.41) is 7.28. The lowest BCUT2D eigenvalue weighted by Crippen LogP contribution is -2.28. The van der Waals surface area contributed by atoms with Gasteiger partial charge in [-0.15, -0.1) is 0 Å². The van der Waals surface area contributed by atoms with Crippen LogP contribution in [-0.4, -0.2) is 40.9 Å². The molecule has 1 aliphatic rings. The predicted octanol–water partition coefficient (Wildman–Crippen LogP) is 0.940. The molecule has 1 aromatic heterocycles. The lowest BCUT2D eigenvalue weighted by Gasteiger charge is -2.16. The molecule has 6 heteroatoms. The number of anilines is 1. The van der Waals surface area contributed by atoms with Crippen molar-refractivity contribution in [2.24, 2.45) is 7.05 Å². The van der Waals surface area contributed by atoms with E-state index < -0.39 is 0 Å². The van der Waals surface area contributed by atoms with Crippen LogP contribution in [0.3, 0.4) is 0 Å². The summed E-state index contributed by atoms with van der Waals surface area (Å²) in [7, 11) is 3.70. The Bertz CT molecular complexity index is 455. The van der Waals surface area contributed by atoms with Crippen molar-refractivity contribution in [2.75, 3.05) is 25.5 Å². The highest BCUT2D eigenvalue weighted by Gasteiger charge is 2.25. The molecule has 2 rings (SSSR count). The topological polar surface area (TPSA) is 50.2 Å². The molecule has 0 aromatic carbocycles. The molecule has 0 bridgehead atoms. The van der Waals surface area contributed by atoms with E-state index in [2.05, 4.69) is 22.4 Å². The van der Waals surface area contributed by atoms with E-state index in [9.17, 15) is 4.79 Å². The zero-order chi connectivity index (χ0) is 12.4. The maximum Gasteiger partial charge on any atom is 0.287 e. The maximum absolute atomic E-state index is 11.5. The van der Waals surface area contributed by atoms with Crippen LogP contribution in [0.25, 0.3) is 0 Å². The number of nitrogens with one attached hydrogen (secondary N) is 1. The van der Waals surface area contributed by atoms with Gasteiger partial charge in [0.15, 0.2) is 0 Å². The Hall–Kier alpha value is -1.07. The number of aryl methyl sites for hydroxylation is 1. The molecule has 94 valence electrons. The van der Waals surface area contributed by atoms with Gasteiger partial charge in [0.2, 0.25) is 0 Å². The molecule has 17 heavy (non-hydrogen) atoms. The number of halogens is 1. The third-order valence-corrected chi connectivity index (χ3v) is 3.39. The zero-order valence-corrected chi connectivity index (χ0v) is 10.9. The van der Waals surface area contributed by atoms with Crippen LogP contribution in [0.1, 0.15) is 12.8 Å². The van der Waals surface area contributed by atoms with Crippen molar-refractivity contribution in [1.29, 1.82) is 0 Å². The van der Waals surface area contributed by atoms with E-state index in [4.69, 9.17) is 11.6 Å². The van der Waals surface area contributed by atoms with Crippen LogP contribution in [0.4, 0.5) is 5.69 Å². The van der Waals surface area contributed by atoms with Crippen LogP contribution in [0, 0.1) is 0 Å². The number of hydrogen-bond donors (Lipinski definition) is 1. The van der Waals surface area contributed by atoms with Crippen molar-refractivity contribution in [3.63, 3.8) is 0 Å². The third kappa shape index (κ3) is 2.98. The summed E-state index contributed by atoms with van der Waals surface area (Å²) in [5.74, 6) is 0.